The standard InChI is InChI=1S/C23H24N2O4/c1-16-5-3-4-6-21(16)28-19-11-13-25(14-12-19)23(26)22-15-20(24-29-22)17-7-9-18(27-2)10-8-17/h3-10,15,19H,11-14H2,1-2H3. The van der Waals surface area contributed by atoms with Gasteiger partial charge in [-0.2, -0.15) is 0 Å². The molecule has 0 unspecified atom stereocenters. The number of likely N-dealkylation sites (tertiary alicyclic amines) is 1. The summed E-state index contributed by atoms with van der Waals surface area (Å²) in [5.41, 5.74) is 2.63. The van der Waals surface area contributed by atoms with Gasteiger partial charge in [-0.3, -0.25) is 4.79 Å². The average Bonchev–Trinajstić information content (AvgIpc) is 3.26. The third kappa shape index (κ3) is 4.26. The fraction of sp³-hybridized carbons (Fsp3) is 0.304. The van der Waals surface area contributed by atoms with Crippen LogP contribution in [-0.4, -0.2) is 42.3 Å². The van der Waals surface area contributed by atoms with Crippen LogP contribution in [0.15, 0.2) is 59.1 Å². The van der Waals surface area contributed by atoms with Gasteiger partial charge in [0.05, 0.1) is 7.11 Å². The van der Waals surface area contributed by atoms with E-state index in [-0.39, 0.29) is 17.8 Å². The Labute approximate surface area is 170 Å². The molecule has 6 nitrogen and oxygen atoms in total. The van der Waals surface area contributed by atoms with Gasteiger partial charge < -0.3 is 18.9 Å². The first-order chi connectivity index (χ1) is 14.1. The Morgan fingerprint density at radius 1 is 1.10 bits per heavy atom. The molecule has 29 heavy (non-hydrogen) atoms. The summed E-state index contributed by atoms with van der Waals surface area (Å²) in [6, 6.07) is 17.2. The number of carbonyl (C=O) groups excluding carboxylic acids is 1. The van der Waals surface area contributed by atoms with Crippen LogP contribution in [0.2, 0.25) is 0 Å². The molecule has 1 aliphatic rings. The van der Waals surface area contributed by atoms with Crippen molar-refractivity contribution in [3.63, 3.8) is 0 Å². The van der Waals surface area contributed by atoms with Crippen LogP contribution in [0, 0.1) is 6.92 Å². The molecule has 1 saturated heterocycles. The second-order valence-corrected chi connectivity index (χ2v) is 7.18. The van der Waals surface area contributed by atoms with Crippen LogP contribution >= 0.6 is 0 Å². The predicted molar refractivity (Wildman–Crippen MR) is 109 cm³/mol. The van der Waals surface area contributed by atoms with Crippen molar-refractivity contribution < 1.29 is 18.8 Å². The van der Waals surface area contributed by atoms with Crippen LogP contribution < -0.4 is 9.47 Å². The number of hydrogen-bond acceptors (Lipinski definition) is 5. The molecule has 0 bridgehead atoms. The van der Waals surface area contributed by atoms with Gasteiger partial charge in [0.15, 0.2) is 0 Å². The molecule has 150 valence electrons. The summed E-state index contributed by atoms with van der Waals surface area (Å²) in [7, 11) is 1.62. The molecule has 1 aromatic heterocycles. The molecule has 0 radical (unpaired) electrons. The van der Waals surface area contributed by atoms with Crippen LogP contribution in [0.4, 0.5) is 0 Å². The maximum atomic E-state index is 12.8. The van der Waals surface area contributed by atoms with Crippen molar-refractivity contribution >= 4 is 5.91 Å². The topological polar surface area (TPSA) is 64.8 Å². The Kier molecular flexibility index (Phi) is 5.51. The number of ether oxygens (including phenoxy) is 2. The van der Waals surface area contributed by atoms with E-state index in [1.54, 1.807) is 18.1 Å². The van der Waals surface area contributed by atoms with Crippen LogP contribution in [-0.2, 0) is 0 Å². The molecule has 6 heteroatoms. The Balaban J connectivity index is 1.36. The maximum absolute atomic E-state index is 12.8. The number of methoxy groups -OCH3 is 1. The van der Waals surface area contributed by atoms with E-state index in [9.17, 15) is 4.79 Å². The number of benzene rings is 2. The lowest BCUT2D eigenvalue weighted by atomic mass is 10.1. The summed E-state index contributed by atoms with van der Waals surface area (Å²) in [5, 5.41) is 4.05. The molecule has 0 aliphatic carbocycles. The highest BCUT2D eigenvalue weighted by molar-refractivity contribution is 5.92. The van der Waals surface area contributed by atoms with Gasteiger partial charge in [-0.05, 0) is 42.8 Å². The van der Waals surface area contributed by atoms with E-state index in [4.69, 9.17) is 14.0 Å². The molecule has 0 saturated carbocycles. The molecule has 1 aliphatic heterocycles. The van der Waals surface area contributed by atoms with Gasteiger partial charge in [0.25, 0.3) is 5.91 Å². The second kappa shape index (κ2) is 8.39. The SMILES string of the molecule is COc1ccc(-c2cc(C(=O)N3CCC(Oc4ccccc4C)CC3)on2)cc1. The van der Waals surface area contributed by atoms with Crippen LogP contribution in [0.5, 0.6) is 11.5 Å². The molecule has 1 amide bonds. The molecule has 4 rings (SSSR count). The fourth-order valence-corrected chi connectivity index (χ4v) is 3.47. The van der Waals surface area contributed by atoms with Crippen molar-refractivity contribution in [3.8, 4) is 22.8 Å². The van der Waals surface area contributed by atoms with Gasteiger partial charge in [0.1, 0.15) is 23.3 Å². The zero-order valence-corrected chi connectivity index (χ0v) is 16.6. The molecule has 0 atom stereocenters. The minimum Gasteiger partial charge on any atom is -0.497 e. The first-order valence-electron chi connectivity index (χ1n) is 9.77. The third-order valence-corrected chi connectivity index (χ3v) is 5.22. The molecular weight excluding hydrogens is 368 g/mol. The van der Waals surface area contributed by atoms with Gasteiger partial charge in [0.2, 0.25) is 5.76 Å². The number of hydrogen-bond donors (Lipinski definition) is 0. The van der Waals surface area contributed by atoms with E-state index < -0.39 is 0 Å². The Bertz CT molecular complexity index is 973. The quantitative estimate of drug-likeness (QED) is 0.646. The first kappa shape index (κ1) is 19.1. The van der Waals surface area contributed by atoms with E-state index in [0.717, 1.165) is 35.5 Å². The van der Waals surface area contributed by atoms with E-state index in [1.807, 2.05) is 55.5 Å². The highest BCUT2D eigenvalue weighted by atomic mass is 16.5. The predicted octanol–water partition coefficient (Wildman–Crippen LogP) is 4.34. The minimum atomic E-state index is -0.133. The van der Waals surface area contributed by atoms with Gasteiger partial charge >= 0.3 is 0 Å². The number of rotatable bonds is 5. The van der Waals surface area contributed by atoms with E-state index >= 15 is 0 Å². The highest BCUT2D eigenvalue weighted by Gasteiger charge is 2.27. The van der Waals surface area contributed by atoms with E-state index in [2.05, 4.69) is 5.16 Å². The van der Waals surface area contributed by atoms with Crippen LogP contribution in [0.3, 0.4) is 0 Å². The second-order valence-electron chi connectivity index (χ2n) is 7.18. The fourth-order valence-electron chi connectivity index (χ4n) is 3.47. The summed E-state index contributed by atoms with van der Waals surface area (Å²) >= 11 is 0. The van der Waals surface area contributed by atoms with Crippen molar-refractivity contribution in [3.05, 3.63) is 65.9 Å². The molecule has 1 fully saturated rings. The molecule has 2 aromatic carbocycles. The molecule has 2 heterocycles. The van der Waals surface area contributed by atoms with Crippen molar-refractivity contribution in [1.29, 1.82) is 0 Å². The van der Waals surface area contributed by atoms with Crippen molar-refractivity contribution in [1.82, 2.24) is 10.1 Å². The largest absolute Gasteiger partial charge is 0.497 e. The smallest absolute Gasteiger partial charge is 0.292 e. The van der Waals surface area contributed by atoms with E-state index in [1.165, 1.54) is 0 Å². The normalized spacial score (nSPS) is 14.6. The Morgan fingerprint density at radius 2 is 1.83 bits per heavy atom. The lowest BCUT2D eigenvalue weighted by Gasteiger charge is -2.31. The Hall–Kier alpha value is -3.28. The van der Waals surface area contributed by atoms with Gasteiger partial charge in [-0.25, -0.2) is 0 Å². The average molecular weight is 392 g/mol. The Morgan fingerprint density at radius 3 is 2.52 bits per heavy atom. The van der Waals surface area contributed by atoms with Gasteiger partial charge in [-0.1, -0.05) is 23.4 Å². The van der Waals surface area contributed by atoms with Crippen molar-refractivity contribution in [2.45, 2.75) is 25.9 Å². The number of aromatic nitrogens is 1. The molecule has 3 aromatic rings. The lowest BCUT2D eigenvalue weighted by molar-refractivity contribution is 0.0557. The van der Waals surface area contributed by atoms with Gasteiger partial charge in [0, 0.05) is 37.6 Å². The highest BCUT2D eigenvalue weighted by Crippen LogP contribution is 2.25. The summed E-state index contributed by atoms with van der Waals surface area (Å²) in [6.07, 6.45) is 1.70. The monoisotopic (exact) mass is 392 g/mol. The van der Waals surface area contributed by atoms with Crippen LogP contribution in [0.1, 0.15) is 29.0 Å². The summed E-state index contributed by atoms with van der Waals surface area (Å²) in [5.74, 6) is 1.81. The number of aryl methyl sites for hydroxylation is 1. The number of nitrogens with zero attached hydrogens (tertiary/aromatic N) is 2. The number of para-hydroxylation sites is 1. The molecule has 0 N–H and O–H groups in total. The summed E-state index contributed by atoms with van der Waals surface area (Å²) in [4.78, 5) is 14.6. The number of carbonyl (C=O) groups is 1. The summed E-state index contributed by atoms with van der Waals surface area (Å²) in [6.45, 7) is 3.31. The van der Waals surface area contributed by atoms with Crippen molar-refractivity contribution in [2.24, 2.45) is 0 Å². The lowest BCUT2D eigenvalue weighted by Crippen LogP contribution is -2.41. The third-order valence-electron chi connectivity index (χ3n) is 5.22. The first-order valence-corrected chi connectivity index (χ1v) is 9.77. The zero-order chi connectivity index (χ0) is 20.2. The minimum absolute atomic E-state index is 0.115. The maximum Gasteiger partial charge on any atom is 0.292 e. The molecular formula is C23H24N2O4. The summed E-state index contributed by atoms with van der Waals surface area (Å²) < 4.78 is 16.6. The zero-order valence-electron chi connectivity index (χ0n) is 16.6. The van der Waals surface area contributed by atoms with Crippen LogP contribution in [0.25, 0.3) is 11.3 Å². The number of amides is 1. The van der Waals surface area contributed by atoms with Gasteiger partial charge in [-0.15, -0.1) is 0 Å². The van der Waals surface area contributed by atoms with Crippen molar-refractivity contribution in [2.75, 3.05) is 20.2 Å². The number of piperidine rings is 1. The molecule has 0 spiro atoms. The van der Waals surface area contributed by atoms with E-state index in [0.29, 0.717) is 18.8 Å².